The molecule has 8 nitrogen and oxygen atoms in total. The highest BCUT2D eigenvalue weighted by Gasteiger charge is 2.25. The molecule has 0 N–H and O–H groups in total. The van der Waals surface area contributed by atoms with Gasteiger partial charge in [-0.15, -0.1) is 0 Å². The maximum Gasteiger partial charge on any atom is 0.331 e. The van der Waals surface area contributed by atoms with E-state index < -0.39 is 5.69 Å². The molecule has 122 valence electrons. The first-order valence-electron chi connectivity index (χ1n) is 7.59. The van der Waals surface area contributed by atoms with E-state index in [9.17, 15) is 14.4 Å². The van der Waals surface area contributed by atoms with Crippen LogP contribution in [0.25, 0.3) is 0 Å². The minimum Gasteiger partial charge on any atom is -0.339 e. The van der Waals surface area contributed by atoms with Gasteiger partial charge in [-0.3, -0.25) is 23.4 Å². The zero-order valence-electron chi connectivity index (χ0n) is 13.0. The number of carbonyl (C=O) groups is 1. The van der Waals surface area contributed by atoms with Gasteiger partial charge in [0.05, 0.1) is 6.04 Å². The Balaban J connectivity index is 1.72. The molecule has 0 bridgehead atoms. The van der Waals surface area contributed by atoms with E-state index in [2.05, 4.69) is 5.10 Å². The van der Waals surface area contributed by atoms with Crippen LogP contribution in [0.2, 0.25) is 0 Å². The average molecular weight is 317 g/mol. The van der Waals surface area contributed by atoms with E-state index in [-0.39, 0.29) is 24.1 Å². The summed E-state index contributed by atoms with van der Waals surface area (Å²) in [6.07, 6.45) is 6.88. The third-order valence-corrected chi connectivity index (χ3v) is 4.21. The summed E-state index contributed by atoms with van der Waals surface area (Å²) in [4.78, 5) is 37.6. The number of rotatable bonds is 3. The first-order chi connectivity index (χ1) is 11.1. The summed E-state index contributed by atoms with van der Waals surface area (Å²) in [5.41, 5.74) is -0.859. The minimum absolute atomic E-state index is 0.0568. The van der Waals surface area contributed by atoms with Crippen molar-refractivity contribution in [3.8, 4) is 0 Å². The zero-order valence-corrected chi connectivity index (χ0v) is 13.0. The van der Waals surface area contributed by atoms with Crippen molar-refractivity contribution in [3.05, 3.63) is 51.6 Å². The van der Waals surface area contributed by atoms with Crippen LogP contribution in [0.3, 0.4) is 0 Å². The molecule has 1 aliphatic rings. The summed E-state index contributed by atoms with van der Waals surface area (Å²) < 4.78 is 4.13. The Morgan fingerprint density at radius 3 is 2.91 bits per heavy atom. The van der Waals surface area contributed by atoms with Crippen molar-refractivity contribution in [2.75, 3.05) is 13.1 Å². The molecular formula is C15H19N5O3. The van der Waals surface area contributed by atoms with Crippen molar-refractivity contribution in [3.63, 3.8) is 0 Å². The normalized spacial score (nSPS) is 18.1. The van der Waals surface area contributed by atoms with Crippen molar-refractivity contribution >= 4 is 5.91 Å². The van der Waals surface area contributed by atoms with Crippen LogP contribution in [-0.2, 0) is 18.4 Å². The van der Waals surface area contributed by atoms with Gasteiger partial charge in [-0.25, -0.2) is 4.79 Å². The lowest BCUT2D eigenvalue weighted by Crippen LogP contribution is -2.45. The van der Waals surface area contributed by atoms with E-state index in [0.29, 0.717) is 13.1 Å². The summed E-state index contributed by atoms with van der Waals surface area (Å²) in [6, 6.07) is 3.32. The molecule has 1 atom stereocenters. The number of nitrogens with zero attached hydrogens (tertiary/aromatic N) is 5. The molecule has 1 aliphatic heterocycles. The topological polar surface area (TPSA) is 82.1 Å². The average Bonchev–Trinajstić information content (AvgIpc) is 3.10. The molecular weight excluding hydrogens is 298 g/mol. The van der Waals surface area contributed by atoms with Gasteiger partial charge in [0.1, 0.15) is 6.54 Å². The molecule has 1 amide bonds. The lowest BCUT2D eigenvalue weighted by molar-refractivity contribution is -0.133. The third-order valence-electron chi connectivity index (χ3n) is 4.21. The number of amides is 1. The fourth-order valence-corrected chi connectivity index (χ4v) is 2.88. The number of piperidine rings is 1. The van der Waals surface area contributed by atoms with Crippen LogP contribution in [0.5, 0.6) is 0 Å². The summed E-state index contributed by atoms with van der Waals surface area (Å²) in [5.74, 6) is -0.123. The molecule has 1 unspecified atom stereocenters. The smallest absolute Gasteiger partial charge is 0.331 e. The summed E-state index contributed by atoms with van der Waals surface area (Å²) in [7, 11) is 1.40. The Kier molecular flexibility index (Phi) is 4.14. The highest BCUT2D eigenvalue weighted by Crippen LogP contribution is 2.20. The lowest BCUT2D eigenvalue weighted by atomic mass is 10.1. The molecule has 2 aromatic heterocycles. The van der Waals surface area contributed by atoms with Crippen LogP contribution in [0.15, 0.2) is 40.3 Å². The van der Waals surface area contributed by atoms with E-state index in [1.54, 1.807) is 11.1 Å². The summed E-state index contributed by atoms with van der Waals surface area (Å²) >= 11 is 0. The van der Waals surface area contributed by atoms with Crippen LogP contribution in [-0.4, -0.2) is 42.8 Å². The number of likely N-dealkylation sites (tertiary alicyclic amines) is 1. The largest absolute Gasteiger partial charge is 0.339 e. The van der Waals surface area contributed by atoms with E-state index in [4.69, 9.17) is 0 Å². The van der Waals surface area contributed by atoms with Gasteiger partial charge >= 0.3 is 5.69 Å². The fourth-order valence-electron chi connectivity index (χ4n) is 2.88. The molecule has 1 fully saturated rings. The van der Waals surface area contributed by atoms with Gasteiger partial charge < -0.3 is 4.90 Å². The second-order valence-corrected chi connectivity index (χ2v) is 5.75. The van der Waals surface area contributed by atoms with Crippen LogP contribution >= 0.6 is 0 Å². The van der Waals surface area contributed by atoms with E-state index in [1.165, 1.54) is 23.9 Å². The first-order valence-corrected chi connectivity index (χ1v) is 7.59. The number of hydrogen-bond donors (Lipinski definition) is 0. The highest BCUT2D eigenvalue weighted by molar-refractivity contribution is 5.76. The van der Waals surface area contributed by atoms with Crippen molar-refractivity contribution in [1.82, 2.24) is 23.8 Å². The van der Waals surface area contributed by atoms with Crippen molar-refractivity contribution in [2.24, 2.45) is 7.05 Å². The van der Waals surface area contributed by atoms with Crippen molar-refractivity contribution in [1.29, 1.82) is 0 Å². The summed E-state index contributed by atoms with van der Waals surface area (Å²) in [5, 5.41) is 4.24. The molecule has 23 heavy (non-hydrogen) atoms. The predicted molar refractivity (Wildman–Crippen MR) is 83.0 cm³/mol. The predicted octanol–water partition coefficient (Wildman–Crippen LogP) is -0.393. The lowest BCUT2D eigenvalue weighted by Gasteiger charge is -2.33. The Hall–Kier alpha value is -2.64. The van der Waals surface area contributed by atoms with Gasteiger partial charge in [0.25, 0.3) is 5.56 Å². The highest BCUT2D eigenvalue weighted by atomic mass is 16.2. The molecule has 2 aromatic rings. The SMILES string of the molecule is Cn1c(=O)ccn(CC(=O)N2CCCC(n3cccn3)C2)c1=O. The van der Waals surface area contributed by atoms with Crippen LogP contribution in [0, 0.1) is 0 Å². The maximum atomic E-state index is 12.5. The fraction of sp³-hybridized carbons (Fsp3) is 0.467. The first kappa shape index (κ1) is 15.3. The quantitative estimate of drug-likeness (QED) is 0.772. The minimum atomic E-state index is -0.480. The Labute approximate surface area is 132 Å². The Morgan fingerprint density at radius 1 is 1.35 bits per heavy atom. The van der Waals surface area contributed by atoms with E-state index in [1.807, 2.05) is 16.9 Å². The molecule has 0 saturated carbocycles. The van der Waals surface area contributed by atoms with Gasteiger partial charge in [0.15, 0.2) is 0 Å². The van der Waals surface area contributed by atoms with E-state index in [0.717, 1.165) is 17.4 Å². The standard InChI is InChI=1S/C15H19N5O3/c1-17-13(21)5-9-19(15(17)23)11-14(22)18-7-2-4-12(10-18)20-8-3-6-16-20/h3,5-6,8-9,12H,2,4,7,10-11H2,1H3. The second-order valence-electron chi connectivity index (χ2n) is 5.75. The number of aromatic nitrogens is 4. The van der Waals surface area contributed by atoms with Crippen LogP contribution in [0.4, 0.5) is 0 Å². The van der Waals surface area contributed by atoms with Gasteiger partial charge in [-0.05, 0) is 18.9 Å². The van der Waals surface area contributed by atoms with Crippen molar-refractivity contribution < 1.29 is 4.79 Å². The maximum absolute atomic E-state index is 12.5. The molecule has 1 saturated heterocycles. The van der Waals surface area contributed by atoms with Gasteiger partial charge in [0.2, 0.25) is 5.91 Å². The van der Waals surface area contributed by atoms with Crippen molar-refractivity contribution in [2.45, 2.75) is 25.4 Å². The molecule has 3 rings (SSSR count). The molecule has 3 heterocycles. The van der Waals surface area contributed by atoms with Gasteiger partial charge in [0, 0.05) is 44.8 Å². The Bertz CT molecular complexity index is 805. The molecule has 0 radical (unpaired) electrons. The number of hydrogen-bond acceptors (Lipinski definition) is 4. The second kappa shape index (κ2) is 6.23. The third kappa shape index (κ3) is 3.10. The van der Waals surface area contributed by atoms with E-state index >= 15 is 0 Å². The molecule has 0 aromatic carbocycles. The Morgan fingerprint density at radius 2 is 2.17 bits per heavy atom. The van der Waals surface area contributed by atoms with Crippen LogP contribution in [0.1, 0.15) is 18.9 Å². The molecule has 0 spiro atoms. The zero-order chi connectivity index (χ0) is 16.4. The molecule has 8 heteroatoms. The summed E-state index contributed by atoms with van der Waals surface area (Å²) in [6.45, 7) is 1.21. The van der Waals surface area contributed by atoms with Gasteiger partial charge in [-0.2, -0.15) is 5.10 Å². The molecule has 0 aliphatic carbocycles. The number of carbonyl (C=O) groups excluding carboxylic acids is 1. The van der Waals surface area contributed by atoms with Crippen LogP contribution < -0.4 is 11.2 Å². The monoisotopic (exact) mass is 317 g/mol. The van der Waals surface area contributed by atoms with Gasteiger partial charge in [-0.1, -0.05) is 0 Å².